The van der Waals surface area contributed by atoms with E-state index in [9.17, 15) is 12.8 Å². The van der Waals surface area contributed by atoms with Crippen LogP contribution in [-0.4, -0.2) is 15.5 Å². The highest BCUT2D eigenvalue weighted by Gasteiger charge is 2.14. The Hall–Kier alpha value is -0.650. The van der Waals surface area contributed by atoms with E-state index in [4.69, 9.17) is 11.6 Å². The van der Waals surface area contributed by atoms with Crippen LogP contribution in [0.1, 0.15) is 0 Å². The van der Waals surface area contributed by atoms with Crippen molar-refractivity contribution in [2.75, 3.05) is 7.11 Å². The second kappa shape index (κ2) is 3.61. The van der Waals surface area contributed by atoms with Gasteiger partial charge in [-0.2, -0.15) is 8.42 Å². The third-order valence-electron chi connectivity index (χ3n) is 1.34. The Labute approximate surface area is 80.2 Å². The smallest absolute Gasteiger partial charge is 0.270 e. The van der Waals surface area contributed by atoms with Crippen molar-refractivity contribution in [2.45, 2.75) is 4.90 Å². The molecule has 0 aliphatic carbocycles. The summed E-state index contributed by atoms with van der Waals surface area (Å²) < 4.78 is 39.0. The highest BCUT2D eigenvalue weighted by Crippen LogP contribution is 2.19. The first-order chi connectivity index (χ1) is 5.95. The molecule has 0 heterocycles. The molecule has 0 aliphatic rings. The summed E-state index contributed by atoms with van der Waals surface area (Å²) >= 11 is 5.45. The molecule has 13 heavy (non-hydrogen) atoms. The highest BCUT2D eigenvalue weighted by atomic mass is 35.5. The van der Waals surface area contributed by atoms with Gasteiger partial charge in [-0.15, -0.1) is 0 Å². The fraction of sp³-hybridized carbons (Fsp3) is 0.143. The molecule has 0 radical (unpaired) electrons. The lowest BCUT2D eigenvalue weighted by atomic mass is 10.3. The zero-order chi connectivity index (χ0) is 10.1. The van der Waals surface area contributed by atoms with Gasteiger partial charge in [0.1, 0.15) is 5.82 Å². The van der Waals surface area contributed by atoms with Crippen LogP contribution >= 0.6 is 11.6 Å². The van der Waals surface area contributed by atoms with Crippen LogP contribution < -0.4 is 0 Å². The van der Waals surface area contributed by atoms with E-state index < -0.39 is 15.9 Å². The van der Waals surface area contributed by atoms with Crippen LogP contribution in [-0.2, 0) is 14.3 Å². The van der Waals surface area contributed by atoms with Crippen molar-refractivity contribution < 1.29 is 17.0 Å². The van der Waals surface area contributed by atoms with Gasteiger partial charge in [0, 0.05) is 5.02 Å². The van der Waals surface area contributed by atoms with Crippen LogP contribution in [0.3, 0.4) is 0 Å². The molecule has 0 aromatic heterocycles. The lowest BCUT2D eigenvalue weighted by Gasteiger charge is -2.01. The first-order valence-electron chi connectivity index (χ1n) is 3.22. The number of hydrogen-bond donors (Lipinski definition) is 0. The van der Waals surface area contributed by atoms with Crippen molar-refractivity contribution in [3.8, 4) is 0 Å². The van der Waals surface area contributed by atoms with E-state index >= 15 is 0 Å². The van der Waals surface area contributed by atoms with E-state index in [1.807, 2.05) is 0 Å². The zero-order valence-corrected chi connectivity index (χ0v) is 8.19. The van der Waals surface area contributed by atoms with Crippen molar-refractivity contribution in [3.05, 3.63) is 29.0 Å². The van der Waals surface area contributed by atoms with Gasteiger partial charge in [-0.1, -0.05) is 11.6 Å². The Morgan fingerprint density at radius 3 is 2.46 bits per heavy atom. The van der Waals surface area contributed by atoms with Crippen molar-refractivity contribution in [2.24, 2.45) is 0 Å². The molecule has 72 valence electrons. The van der Waals surface area contributed by atoms with Gasteiger partial charge in [-0.25, -0.2) is 4.39 Å². The van der Waals surface area contributed by atoms with Gasteiger partial charge in [-0.05, 0) is 18.2 Å². The van der Waals surface area contributed by atoms with E-state index in [1.54, 1.807) is 0 Å². The standard InChI is InChI=1S/C7H6ClFO3S/c1-12-13(10,11)7-3-5(8)2-6(9)4-7/h2-4H,1H3. The molecule has 3 nitrogen and oxygen atoms in total. The van der Waals surface area contributed by atoms with Gasteiger partial charge < -0.3 is 0 Å². The maximum absolute atomic E-state index is 12.7. The number of rotatable bonds is 2. The van der Waals surface area contributed by atoms with E-state index in [2.05, 4.69) is 4.18 Å². The van der Waals surface area contributed by atoms with Gasteiger partial charge in [-0.3, -0.25) is 4.18 Å². The summed E-state index contributed by atoms with van der Waals surface area (Å²) in [7, 11) is -2.87. The molecule has 1 aromatic rings. The van der Waals surface area contributed by atoms with Crippen LogP contribution in [0.4, 0.5) is 4.39 Å². The Morgan fingerprint density at radius 2 is 2.00 bits per heavy atom. The molecule has 0 spiro atoms. The minimum absolute atomic E-state index is 0.00984. The molecule has 0 amide bonds. The third kappa shape index (κ3) is 2.40. The van der Waals surface area contributed by atoms with Gasteiger partial charge in [0.05, 0.1) is 12.0 Å². The maximum Gasteiger partial charge on any atom is 0.296 e. The van der Waals surface area contributed by atoms with E-state index in [0.717, 1.165) is 25.3 Å². The van der Waals surface area contributed by atoms with Gasteiger partial charge in [0.15, 0.2) is 0 Å². The Morgan fingerprint density at radius 1 is 1.38 bits per heavy atom. The first-order valence-corrected chi connectivity index (χ1v) is 5.01. The largest absolute Gasteiger partial charge is 0.296 e. The lowest BCUT2D eigenvalue weighted by molar-refractivity contribution is 0.397. The van der Waals surface area contributed by atoms with Crippen LogP contribution in [0.25, 0.3) is 0 Å². The van der Waals surface area contributed by atoms with Gasteiger partial charge in [0.25, 0.3) is 10.1 Å². The normalized spacial score (nSPS) is 11.6. The first kappa shape index (κ1) is 10.4. The summed E-state index contributed by atoms with van der Waals surface area (Å²) in [6.07, 6.45) is 0. The van der Waals surface area contributed by atoms with Crippen LogP contribution in [0.5, 0.6) is 0 Å². The number of hydrogen-bond acceptors (Lipinski definition) is 3. The Bertz CT molecular complexity index is 395. The summed E-state index contributed by atoms with van der Waals surface area (Å²) in [4.78, 5) is -0.292. The second-order valence-electron chi connectivity index (χ2n) is 2.23. The monoisotopic (exact) mass is 224 g/mol. The van der Waals surface area contributed by atoms with Crippen LogP contribution in [0.15, 0.2) is 23.1 Å². The average molecular weight is 225 g/mol. The topological polar surface area (TPSA) is 43.4 Å². The second-order valence-corrected chi connectivity index (χ2v) is 4.38. The number of benzene rings is 1. The van der Waals surface area contributed by atoms with Crippen LogP contribution in [0.2, 0.25) is 5.02 Å². The minimum atomic E-state index is -3.87. The molecule has 0 bridgehead atoms. The predicted octanol–water partition coefficient (Wildman–Crippen LogP) is 1.81. The fourth-order valence-electron chi connectivity index (χ4n) is 0.769. The molecule has 0 fully saturated rings. The third-order valence-corrected chi connectivity index (χ3v) is 2.81. The van der Waals surface area contributed by atoms with Crippen molar-refractivity contribution in [1.82, 2.24) is 0 Å². The molecule has 6 heteroatoms. The van der Waals surface area contributed by atoms with Crippen molar-refractivity contribution in [3.63, 3.8) is 0 Å². The zero-order valence-electron chi connectivity index (χ0n) is 6.62. The lowest BCUT2D eigenvalue weighted by Crippen LogP contribution is -2.03. The molecule has 0 N–H and O–H groups in total. The quantitative estimate of drug-likeness (QED) is 0.720. The van der Waals surface area contributed by atoms with E-state index in [0.29, 0.717) is 0 Å². The van der Waals surface area contributed by atoms with Gasteiger partial charge in [0.2, 0.25) is 0 Å². The molecular formula is C7H6ClFO3S. The summed E-state index contributed by atoms with van der Waals surface area (Å²) in [5.74, 6) is -0.719. The summed E-state index contributed by atoms with van der Waals surface area (Å²) in [5, 5.41) is 0.00984. The predicted molar refractivity (Wildman–Crippen MR) is 45.6 cm³/mol. The number of halogens is 2. The summed E-state index contributed by atoms with van der Waals surface area (Å²) in [6.45, 7) is 0. The Balaban J connectivity index is 3.32. The summed E-state index contributed by atoms with van der Waals surface area (Å²) in [5.41, 5.74) is 0. The minimum Gasteiger partial charge on any atom is -0.270 e. The van der Waals surface area contributed by atoms with Crippen LogP contribution in [0, 0.1) is 5.82 Å². The molecule has 0 saturated heterocycles. The maximum atomic E-state index is 12.7. The molecule has 0 saturated carbocycles. The molecule has 0 unspecified atom stereocenters. The molecule has 1 rings (SSSR count). The van der Waals surface area contributed by atoms with E-state index in [1.165, 1.54) is 0 Å². The average Bonchev–Trinajstić information content (AvgIpc) is 2.02. The molecule has 0 atom stereocenters. The van der Waals surface area contributed by atoms with Gasteiger partial charge >= 0.3 is 0 Å². The molecular weight excluding hydrogens is 219 g/mol. The van der Waals surface area contributed by atoms with E-state index in [-0.39, 0.29) is 9.92 Å². The van der Waals surface area contributed by atoms with Crippen molar-refractivity contribution >= 4 is 21.7 Å². The highest BCUT2D eigenvalue weighted by molar-refractivity contribution is 7.86. The molecule has 0 aliphatic heterocycles. The summed E-state index contributed by atoms with van der Waals surface area (Å²) in [6, 6.07) is 2.96. The molecule has 1 aromatic carbocycles. The fourth-order valence-corrected chi connectivity index (χ4v) is 1.78. The Kier molecular flexibility index (Phi) is 2.90. The SMILES string of the molecule is COS(=O)(=O)c1cc(F)cc(Cl)c1. The van der Waals surface area contributed by atoms with Crippen molar-refractivity contribution in [1.29, 1.82) is 0 Å².